The number of methoxy groups -OCH3 is 1. The highest BCUT2D eigenvalue weighted by atomic mass is 19.1. The first-order valence-corrected chi connectivity index (χ1v) is 12.0. The summed E-state index contributed by atoms with van der Waals surface area (Å²) in [5.74, 6) is 0.582. The van der Waals surface area contributed by atoms with Gasteiger partial charge < -0.3 is 20.1 Å². The molecule has 2 aromatic heterocycles. The number of carbonyl (C=O) groups is 1. The van der Waals surface area contributed by atoms with Gasteiger partial charge in [0.2, 0.25) is 0 Å². The molecule has 8 heteroatoms. The summed E-state index contributed by atoms with van der Waals surface area (Å²) < 4.78 is 27.1. The summed E-state index contributed by atoms with van der Waals surface area (Å²) in [4.78, 5) is 17.2. The predicted molar refractivity (Wildman–Crippen MR) is 137 cm³/mol. The lowest BCUT2D eigenvalue weighted by molar-refractivity contribution is 0.0950. The van der Waals surface area contributed by atoms with Gasteiger partial charge >= 0.3 is 0 Å². The second-order valence-corrected chi connectivity index (χ2v) is 9.14. The first kappa shape index (κ1) is 23.8. The van der Waals surface area contributed by atoms with Crippen molar-refractivity contribution < 1.29 is 18.7 Å². The van der Waals surface area contributed by atoms with Gasteiger partial charge in [0, 0.05) is 43.0 Å². The van der Waals surface area contributed by atoms with E-state index >= 15 is 0 Å². The average molecular weight is 489 g/mol. The number of aryl methyl sites for hydroxylation is 2. The number of hydrogen-bond donors (Lipinski definition) is 2. The highest BCUT2D eigenvalue weighted by molar-refractivity contribution is 5.96. The molecule has 0 aliphatic heterocycles. The van der Waals surface area contributed by atoms with Crippen molar-refractivity contribution in [3.63, 3.8) is 0 Å². The van der Waals surface area contributed by atoms with E-state index in [2.05, 4.69) is 15.6 Å². The second kappa shape index (κ2) is 9.99. The van der Waals surface area contributed by atoms with Gasteiger partial charge in [-0.2, -0.15) is 0 Å². The summed E-state index contributed by atoms with van der Waals surface area (Å²) >= 11 is 0. The van der Waals surface area contributed by atoms with Gasteiger partial charge in [-0.05, 0) is 56.0 Å². The standard InChI is InChI=1S/C28H29FN4O3/c1-17-4-6-20(29)13-26(17)36-22-14-24(30-10-11-35-3)27-31-15-25(33(27)16-22)19-5-9-23(18(2)12-19)28(34)32-21-7-8-21/h4-6,9,12-16,21,30H,7-8,10-11H2,1-3H3,(H,32,34). The van der Waals surface area contributed by atoms with E-state index in [1.807, 2.05) is 48.7 Å². The summed E-state index contributed by atoms with van der Waals surface area (Å²) in [7, 11) is 1.65. The molecular formula is C28H29FN4O3. The number of halogens is 1. The van der Waals surface area contributed by atoms with Crippen LogP contribution >= 0.6 is 0 Å². The lowest BCUT2D eigenvalue weighted by Gasteiger charge is -2.14. The van der Waals surface area contributed by atoms with Crippen LogP contribution < -0.4 is 15.4 Å². The smallest absolute Gasteiger partial charge is 0.251 e. The molecule has 1 aliphatic rings. The van der Waals surface area contributed by atoms with Crippen LogP contribution in [0.5, 0.6) is 11.5 Å². The minimum Gasteiger partial charge on any atom is -0.455 e. The highest BCUT2D eigenvalue weighted by Crippen LogP contribution is 2.33. The van der Waals surface area contributed by atoms with Gasteiger partial charge in [-0.15, -0.1) is 0 Å². The van der Waals surface area contributed by atoms with Gasteiger partial charge in [0.05, 0.1) is 30.4 Å². The molecule has 1 saturated carbocycles. The van der Waals surface area contributed by atoms with Crippen LogP contribution in [0.2, 0.25) is 0 Å². The number of rotatable bonds is 9. The van der Waals surface area contributed by atoms with Crippen LogP contribution in [0, 0.1) is 19.7 Å². The van der Waals surface area contributed by atoms with Gasteiger partial charge in [-0.25, -0.2) is 9.37 Å². The number of carbonyl (C=O) groups excluding carboxylic acids is 1. The van der Waals surface area contributed by atoms with E-state index in [0.29, 0.717) is 36.3 Å². The Kier molecular flexibility index (Phi) is 6.61. The molecule has 2 N–H and O–H groups in total. The van der Waals surface area contributed by atoms with Crippen LogP contribution in [0.4, 0.5) is 10.1 Å². The number of pyridine rings is 1. The van der Waals surface area contributed by atoms with Crippen LogP contribution in [0.1, 0.15) is 34.3 Å². The quantitative estimate of drug-likeness (QED) is 0.304. The summed E-state index contributed by atoms with van der Waals surface area (Å²) in [6, 6.07) is 12.4. The maximum Gasteiger partial charge on any atom is 0.251 e. The third-order valence-electron chi connectivity index (χ3n) is 6.26. The zero-order valence-electron chi connectivity index (χ0n) is 20.6. The van der Waals surface area contributed by atoms with Crippen LogP contribution in [0.15, 0.2) is 54.9 Å². The zero-order valence-corrected chi connectivity index (χ0v) is 20.6. The largest absolute Gasteiger partial charge is 0.455 e. The zero-order chi connectivity index (χ0) is 25.2. The summed E-state index contributed by atoms with van der Waals surface area (Å²) in [6.45, 7) is 4.92. The van der Waals surface area contributed by atoms with Crippen molar-refractivity contribution in [2.24, 2.45) is 0 Å². The number of ether oxygens (including phenoxy) is 2. The van der Waals surface area contributed by atoms with E-state index in [0.717, 1.165) is 46.6 Å². The topological polar surface area (TPSA) is 76.9 Å². The molecule has 186 valence electrons. The molecule has 0 saturated heterocycles. The van der Waals surface area contributed by atoms with Crippen molar-refractivity contribution in [1.29, 1.82) is 0 Å². The SMILES string of the molecule is COCCNc1cc(Oc2cc(F)ccc2C)cn2c(-c3ccc(C(=O)NC4CC4)c(C)c3)cnc12. The fourth-order valence-electron chi connectivity index (χ4n) is 4.13. The number of fused-ring (bicyclic) bond motifs is 1. The monoisotopic (exact) mass is 488 g/mol. The number of nitrogens with one attached hydrogen (secondary N) is 2. The molecule has 0 spiro atoms. The van der Waals surface area contributed by atoms with E-state index in [1.54, 1.807) is 19.4 Å². The number of hydrogen-bond acceptors (Lipinski definition) is 5. The van der Waals surface area contributed by atoms with E-state index in [-0.39, 0.29) is 11.7 Å². The predicted octanol–water partition coefficient (Wildman–Crippen LogP) is 5.50. The van der Waals surface area contributed by atoms with Gasteiger partial charge in [0.1, 0.15) is 17.3 Å². The Balaban J connectivity index is 1.53. The molecule has 5 rings (SSSR count). The average Bonchev–Trinajstić information content (AvgIpc) is 3.56. The lowest BCUT2D eigenvalue weighted by Crippen LogP contribution is -2.26. The molecule has 2 heterocycles. The Hall–Kier alpha value is -3.91. The number of anilines is 1. The van der Waals surface area contributed by atoms with Gasteiger partial charge in [-0.1, -0.05) is 12.1 Å². The summed E-state index contributed by atoms with van der Waals surface area (Å²) in [5.41, 5.74) is 5.64. The molecule has 0 radical (unpaired) electrons. The van der Waals surface area contributed by atoms with Crippen molar-refractivity contribution in [1.82, 2.24) is 14.7 Å². The molecule has 1 aliphatic carbocycles. The molecule has 7 nitrogen and oxygen atoms in total. The Morgan fingerprint density at radius 2 is 1.97 bits per heavy atom. The fourth-order valence-corrected chi connectivity index (χ4v) is 4.13. The minimum absolute atomic E-state index is 0.0366. The van der Waals surface area contributed by atoms with Crippen molar-refractivity contribution in [2.45, 2.75) is 32.7 Å². The Morgan fingerprint density at radius 1 is 1.14 bits per heavy atom. The minimum atomic E-state index is -0.361. The fraction of sp³-hybridized carbons (Fsp3) is 0.286. The highest BCUT2D eigenvalue weighted by Gasteiger charge is 2.24. The molecule has 2 aromatic carbocycles. The van der Waals surface area contributed by atoms with Crippen molar-refractivity contribution >= 4 is 17.2 Å². The normalized spacial score (nSPS) is 13.1. The third-order valence-corrected chi connectivity index (χ3v) is 6.26. The van der Waals surface area contributed by atoms with Crippen molar-refractivity contribution in [3.05, 3.63) is 77.4 Å². The molecular weight excluding hydrogens is 459 g/mol. The first-order chi connectivity index (χ1) is 17.4. The molecule has 4 aromatic rings. The maximum atomic E-state index is 13.9. The van der Waals surface area contributed by atoms with Crippen molar-refractivity contribution in [3.8, 4) is 22.8 Å². The van der Waals surface area contributed by atoms with Gasteiger partial charge in [0.15, 0.2) is 5.65 Å². The van der Waals surface area contributed by atoms with Gasteiger partial charge in [0.25, 0.3) is 5.91 Å². The van der Waals surface area contributed by atoms with E-state index < -0.39 is 0 Å². The summed E-state index contributed by atoms with van der Waals surface area (Å²) in [5, 5.41) is 6.40. The number of amides is 1. The van der Waals surface area contributed by atoms with Crippen LogP contribution in [-0.2, 0) is 4.74 Å². The third kappa shape index (κ3) is 5.04. The van der Waals surface area contributed by atoms with Gasteiger partial charge in [-0.3, -0.25) is 9.20 Å². The molecule has 0 atom stereocenters. The van der Waals surface area contributed by atoms with E-state index in [1.165, 1.54) is 12.1 Å². The number of benzene rings is 2. The number of aromatic nitrogens is 2. The first-order valence-electron chi connectivity index (χ1n) is 12.0. The Bertz CT molecular complexity index is 1430. The Morgan fingerprint density at radius 3 is 2.72 bits per heavy atom. The number of imidazole rings is 1. The summed E-state index contributed by atoms with van der Waals surface area (Å²) in [6.07, 6.45) is 5.73. The van der Waals surface area contributed by atoms with Crippen LogP contribution in [-0.4, -0.2) is 41.6 Å². The molecule has 1 amide bonds. The van der Waals surface area contributed by atoms with E-state index in [9.17, 15) is 9.18 Å². The molecule has 0 bridgehead atoms. The van der Waals surface area contributed by atoms with Crippen LogP contribution in [0.25, 0.3) is 16.9 Å². The second-order valence-electron chi connectivity index (χ2n) is 9.14. The maximum absolute atomic E-state index is 13.9. The number of nitrogens with zero attached hydrogens (tertiary/aromatic N) is 2. The van der Waals surface area contributed by atoms with E-state index in [4.69, 9.17) is 9.47 Å². The Labute approximate surface area is 209 Å². The molecule has 36 heavy (non-hydrogen) atoms. The van der Waals surface area contributed by atoms with Crippen molar-refractivity contribution in [2.75, 3.05) is 25.6 Å². The van der Waals surface area contributed by atoms with Crippen LogP contribution in [0.3, 0.4) is 0 Å². The molecule has 0 unspecified atom stereocenters. The molecule has 1 fully saturated rings. The lowest BCUT2D eigenvalue weighted by atomic mass is 10.0.